The molecule has 0 spiro atoms. The topological polar surface area (TPSA) is 127 Å². The molecular weight excluding hydrogens is 690 g/mol. The Morgan fingerprint density at radius 3 is 1.77 bits per heavy atom. The zero-order chi connectivity index (χ0) is 36.7. The molecule has 0 aliphatic rings. The molecule has 0 saturated carbocycles. The summed E-state index contributed by atoms with van der Waals surface area (Å²) in [5.41, 5.74) is 0.985. The second kappa shape index (κ2) is 20.3. The van der Waals surface area contributed by atoms with Gasteiger partial charge in [-0.05, 0) is 103 Å². The number of phosphoric acid groups is 1. The zero-order valence-electron chi connectivity index (χ0n) is 31.6. The minimum Gasteiger partial charge on any atom is -0.462 e. The first-order chi connectivity index (χ1) is 21.2. The summed E-state index contributed by atoms with van der Waals surface area (Å²) in [7, 11) is -8.11. The van der Waals surface area contributed by atoms with Gasteiger partial charge in [-0.3, -0.25) is 13.8 Å². The molecular formula is C31H67NO10PSi4+. The minimum atomic E-state index is -4.18. The van der Waals surface area contributed by atoms with Crippen molar-refractivity contribution in [1.29, 1.82) is 0 Å². The lowest BCUT2D eigenvalue weighted by atomic mass is 10.1. The number of esters is 1. The van der Waals surface area contributed by atoms with E-state index in [1.807, 2.05) is 21.1 Å². The van der Waals surface area contributed by atoms with Gasteiger partial charge >= 0.3 is 30.9 Å². The van der Waals surface area contributed by atoms with Gasteiger partial charge in [0.25, 0.3) is 0 Å². The summed E-state index contributed by atoms with van der Waals surface area (Å²) < 4.78 is 49.5. The summed E-state index contributed by atoms with van der Waals surface area (Å²) in [6, 6.07) is 2.33. The number of nitrogens with zero attached hydrogens (tertiary/aromatic N) is 1. The summed E-state index contributed by atoms with van der Waals surface area (Å²) in [6.45, 7) is 26.7. The first kappa shape index (κ1) is 46.4. The molecule has 0 radical (unpaired) electrons. The molecule has 0 heterocycles. The number of rotatable bonds is 27. The van der Waals surface area contributed by atoms with Gasteiger partial charge in [-0.2, -0.15) is 0 Å². The fraction of sp³-hybridized carbons (Fsp3) is 0.806. The second-order valence-electron chi connectivity index (χ2n) is 15.4. The SMILES string of the molecule is C=C(C)C(=O)CCCC[Si](C)(C)O[Si](C)(C)O[Si](C)(CCCOP(=O)(O)OCC[N+](C)(C)C)O[Si](C)(C)CCCCOC(=O)C(=C)C. The predicted molar refractivity (Wildman–Crippen MR) is 200 cm³/mol. The van der Waals surface area contributed by atoms with Gasteiger partial charge in [0, 0.05) is 12.0 Å². The Bertz CT molecular complexity index is 1080. The van der Waals surface area contributed by atoms with E-state index in [1.54, 1.807) is 13.8 Å². The van der Waals surface area contributed by atoms with Crippen molar-refractivity contribution in [3.05, 3.63) is 24.3 Å². The van der Waals surface area contributed by atoms with Gasteiger partial charge in [0.15, 0.2) is 22.4 Å². The lowest BCUT2D eigenvalue weighted by Crippen LogP contribution is -2.57. The van der Waals surface area contributed by atoms with E-state index in [4.69, 9.17) is 26.1 Å². The number of Topliss-reactive ketones (excluding diaryl/α,β-unsaturated/α-hetero) is 1. The molecule has 0 aliphatic carbocycles. The van der Waals surface area contributed by atoms with E-state index in [0.29, 0.717) is 47.7 Å². The van der Waals surface area contributed by atoms with Crippen LogP contribution in [0, 0.1) is 0 Å². The van der Waals surface area contributed by atoms with Crippen LogP contribution in [0.5, 0.6) is 0 Å². The third-order valence-electron chi connectivity index (χ3n) is 7.19. The van der Waals surface area contributed by atoms with E-state index in [0.717, 1.165) is 37.8 Å². The molecule has 0 aromatic carbocycles. The summed E-state index contributed by atoms with van der Waals surface area (Å²) in [5, 5.41) is 0. The number of quaternary nitrogens is 1. The highest BCUT2D eigenvalue weighted by atomic mass is 31.2. The van der Waals surface area contributed by atoms with E-state index in [9.17, 15) is 19.0 Å². The van der Waals surface area contributed by atoms with Gasteiger partial charge in [0.1, 0.15) is 13.2 Å². The van der Waals surface area contributed by atoms with Crippen molar-refractivity contribution in [1.82, 2.24) is 0 Å². The van der Waals surface area contributed by atoms with Gasteiger partial charge in [0.05, 0.1) is 34.4 Å². The smallest absolute Gasteiger partial charge is 0.462 e. The maximum Gasteiger partial charge on any atom is 0.472 e. The monoisotopic (exact) mass is 756 g/mol. The minimum absolute atomic E-state index is 0.0372. The van der Waals surface area contributed by atoms with Crippen LogP contribution in [0.2, 0.25) is 64.0 Å². The summed E-state index contributed by atoms with van der Waals surface area (Å²) in [5.74, 6) is -0.266. The molecule has 0 aromatic rings. The van der Waals surface area contributed by atoms with Crippen molar-refractivity contribution in [2.24, 2.45) is 0 Å². The van der Waals surface area contributed by atoms with Crippen LogP contribution < -0.4 is 0 Å². The van der Waals surface area contributed by atoms with Gasteiger partial charge < -0.3 is 26.5 Å². The van der Waals surface area contributed by atoms with Crippen LogP contribution in [0.4, 0.5) is 0 Å². The predicted octanol–water partition coefficient (Wildman–Crippen LogP) is 7.67. The second-order valence-corrected chi connectivity index (χ2v) is 32.9. The number of hydrogen-bond acceptors (Lipinski definition) is 9. The number of carbonyl (C=O) groups is 2. The van der Waals surface area contributed by atoms with Crippen LogP contribution in [-0.4, -0.2) is 102 Å². The van der Waals surface area contributed by atoms with E-state index < -0.39 is 41.6 Å². The van der Waals surface area contributed by atoms with Crippen molar-refractivity contribution in [2.75, 3.05) is 47.5 Å². The van der Waals surface area contributed by atoms with Gasteiger partial charge in [-0.25, -0.2) is 9.36 Å². The average Bonchev–Trinajstić information content (AvgIpc) is 2.86. The largest absolute Gasteiger partial charge is 0.472 e. The molecule has 0 bridgehead atoms. The number of ketones is 1. The maximum absolute atomic E-state index is 12.5. The van der Waals surface area contributed by atoms with Crippen LogP contribution in [-0.2, 0) is 40.3 Å². The zero-order valence-corrected chi connectivity index (χ0v) is 36.5. The number of likely N-dealkylation sites (N-methyl/N-ethyl adjacent to an activating group) is 1. The molecule has 1 N–H and O–H groups in total. The molecule has 47 heavy (non-hydrogen) atoms. The number of hydrogen-bond donors (Lipinski definition) is 1. The van der Waals surface area contributed by atoms with E-state index in [-0.39, 0.29) is 25.0 Å². The third-order valence-corrected chi connectivity index (χ3v) is 24.4. The van der Waals surface area contributed by atoms with Crippen LogP contribution in [0.1, 0.15) is 52.4 Å². The number of ether oxygens (including phenoxy) is 1. The molecule has 0 amide bonds. The first-order valence-electron chi connectivity index (χ1n) is 16.7. The maximum atomic E-state index is 12.5. The molecule has 0 aliphatic heterocycles. The molecule has 16 heteroatoms. The van der Waals surface area contributed by atoms with Crippen molar-refractivity contribution < 1.29 is 49.7 Å². The standard InChI is InChI=1S/C31H66NO10PSi4/c1-28(2)30(33)20-15-17-25-44(8,9)40-46(12,13)42-47(14,27-19-23-38-43(35,36)39-24-21-32(5,6)7)41-45(10,11)26-18-16-22-37-31(34)29(3)4/h1,3,15-27H2,2,4-14H3/p+1. The number of allylic oxidation sites excluding steroid dienone is 1. The van der Waals surface area contributed by atoms with Crippen LogP contribution in [0.3, 0.4) is 0 Å². The fourth-order valence-electron chi connectivity index (χ4n) is 5.05. The summed E-state index contributed by atoms with van der Waals surface area (Å²) in [6.07, 6.45) is 4.27. The van der Waals surface area contributed by atoms with Crippen molar-refractivity contribution in [3.8, 4) is 0 Å². The molecule has 0 saturated heterocycles. The van der Waals surface area contributed by atoms with Gasteiger partial charge in [-0.1, -0.05) is 26.0 Å². The molecule has 2 unspecified atom stereocenters. The highest BCUT2D eigenvalue weighted by Gasteiger charge is 2.45. The van der Waals surface area contributed by atoms with Crippen molar-refractivity contribution >= 4 is 53.3 Å². The molecule has 0 rings (SSSR count). The van der Waals surface area contributed by atoms with Crippen LogP contribution in [0.25, 0.3) is 0 Å². The molecule has 0 fully saturated rings. The average molecular weight is 757 g/mol. The molecule has 2 atom stereocenters. The highest BCUT2D eigenvalue weighted by molar-refractivity contribution is 7.47. The summed E-state index contributed by atoms with van der Waals surface area (Å²) >= 11 is 0. The molecule has 0 aromatic heterocycles. The third kappa shape index (κ3) is 24.3. The Morgan fingerprint density at radius 1 is 0.702 bits per heavy atom. The van der Waals surface area contributed by atoms with Gasteiger partial charge in [0.2, 0.25) is 0 Å². The molecule has 11 nitrogen and oxygen atoms in total. The van der Waals surface area contributed by atoms with E-state index in [1.165, 1.54) is 0 Å². The normalized spacial score (nSPS) is 15.5. The van der Waals surface area contributed by atoms with Crippen molar-refractivity contribution in [2.45, 2.75) is 116 Å². The Kier molecular flexibility index (Phi) is 20.1. The quantitative estimate of drug-likeness (QED) is 0.0223. The Labute approximate surface area is 290 Å². The Hall–Kier alpha value is -0.562. The number of carbonyl (C=O) groups excluding carboxylic acids is 2. The fourth-order valence-corrected chi connectivity index (χ4v) is 25.7. The molecule has 276 valence electrons. The number of phosphoric ester groups is 1. The van der Waals surface area contributed by atoms with E-state index in [2.05, 4.69) is 59.0 Å². The first-order valence-corrected chi connectivity index (χ1v) is 29.8. The lowest BCUT2D eigenvalue weighted by molar-refractivity contribution is -0.870. The van der Waals surface area contributed by atoms with Crippen LogP contribution in [0.15, 0.2) is 24.3 Å². The van der Waals surface area contributed by atoms with Crippen molar-refractivity contribution in [3.63, 3.8) is 0 Å². The summed E-state index contributed by atoms with van der Waals surface area (Å²) in [4.78, 5) is 33.8. The number of unbranched alkanes of at least 4 members (excludes halogenated alkanes) is 2. The Morgan fingerprint density at radius 2 is 1.23 bits per heavy atom. The highest BCUT2D eigenvalue weighted by Crippen LogP contribution is 2.43. The lowest BCUT2D eigenvalue weighted by Gasteiger charge is -2.42. The van der Waals surface area contributed by atoms with Crippen LogP contribution >= 0.6 is 7.82 Å². The van der Waals surface area contributed by atoms with Gasteiger partial charge in [-0.15, -0.1) is 0 Å². The van der Waals surface area contributed by atoms with E-state index >= 15 is 0 Å². The Balaban J connectivity index is 5.48.